The Morgan fingerprint density at radius 3 is 2.04 bits per heavy atom. The predicted octanol–water partition coefficient (Wildman–Crippen LogP) is -0.505. The first-order chi connectivity index (χ1) is 12.2. The van der Waals surface area contributed by atoms with E-state index < -0.39 is 27.9 Å². The number of pyridine rings is 1. The Hall–Kier alpha value is -2.61. The van der Waals surface area contributed by atoms with Crippen LogP contribution in [0.2, 0.25) is 0 Å². The molecule has 26 heavy (non-hydrogen) atoms. The number of rotatable bonds is 8. The average Bonchev–Trinajstić information content (AvgIpc) is 2.60. The summed E-state index contributed by atoms with van der Waals surface area (Å²) >= 11 is 0. The minimum atomic E-state index is -3.49. The molecule has 0 saturated carbocycles. The molecule has 13 heteroatoms. The van der Waals surface area contributed by atoms with E-state index in [1.807, 2.05) is 0 Å². The first-order valence-corrected chi connectivity index (χ1v) is 8.48. The van der Waals surface area contributed by atoms with E-state index in [1.165, 1.54) is 18.5 Å². The molecule has 0 atom stereocenters. The van der Waals surface area contributed by atoms with E-state index in [-0.39, 0.29) is 11.3 Å². The van der Waals surface area contributed by atoms with Gasteiger partial charge in [-0.25, -0.2) is 28.6 Å². The molecule has 0 amide bonds. The molecule has 148 valence electrons. The Labute approximate surface area is 149 Å². The van der Waals surface area contributed by atoms with Crippen LogP contribution in [-0.4, -0.2) is 58.4 Å². The standard InChI is InChI=1S/C11H16N2O4S.C2H2O4.H3NO/c14-11(15)6-2-1-3-8-13-18(16,17)10-5-4-7-12-9-10;3-1(4)2(5)6;1-2/h4-5,7,9,13H,1-3,6,8H2,(H,14,15);(H,3,4)(H,5,6);2H,1H2. The van der Waals surface area contributed by atoms with E-state index in [4.69, 9.17) is 30.1 Å². The Balaban J connectivity index is 0. The summed E-state index contributed by atoms with van der Waals surface area (Å²) in [6.45, 7) is 0.302. The van der Waals surface area contributed by atoms with Gasteiger partial charge in [-0.15, -0.1) is 0 Å². The van der Waals surface area contributed by atoms with E-state index in [0.29, 0.717) is 25.8 Å². The van der Waals surface area contributed by atoms with Crippen LogP contribution in [0.4, 0.5) is 0 Å². The van der Waals surface area contributed by atoms with Crippen LogP contribution in [0.1, 0.15) is 25.7 Å². The zero-order valence-electron chi connectivity index (χ0n) is 13.6. The number of nitrogens with two attached hydrogens (primary N) is 1. The molecule has 12 nitrogen and oxygen atoms in total. The second-order valence-electron chi connectivity index (χ2n) is 4.40. The molecule has 1 heterocycles. The molecule has 0 aliphatic heterocycles. The van der Waals surface area contributed by atoms with Gasteiger partial charge in [-0.3, -0.25) is 9.78 Å². The molecule has 0 unspecified atom stereocenters. The monoisotopic (exact) mass is 395 g/mol. The second kappa shape index (κ2) is 14.7. The van der Waals surface area contributed by atoms with Gasteiger partial charge in [0.25, 0.3) is 0 Å². The van der Waals surface area contributed by atoms with Crippen molar-refractivity contribution in [3.05, 3.63) is 24.5 Å². The summed E-state index contributed by atoms with van der Waals surface area (Å²) in [5, 5.41) is 29.7. The first kappa shape index (κ1) is 25.6. The highest BCUT2D eigenvalue weighted by molar-refractivity contribution is 7.89. The normalized spacial score (nSPS) is 9.77. The van der Waals surface area contributed by atoms with E-state index in [0.717, 1.165) is 0 Å². The van der Waals surface area contributed by atoms with Crippen molar-refractivity contribution in [3.8, 4) is 0 Å². The van der Waals surface area contributed by atoms with Gasteiger partial charge in [-0.1, -0.05) is 6.42 Å². The Morgan fingerprint density at radius 1 is 1.04 bits per heavy atom. The molecule has 0 spiro atoms. The smallest absolute Gasteiger partial charge is 0.414 e. The zero-order valence-corrected chi connectivity index (χ0v) is 14.4. The van der Waals surface area contributed by atoms with Gasteiger partial charge in [0.05, 0.1) is 0 Å². The predicted molar refractivity (Wildman–Crippen MR) is 86.8 cm³/mol. The number of nitrogens with one attached hydrogen (secondary N) is 1. The number of unbranched alkanes of at least 4 members (excludes halogenated alkanes) is 2. The van der Waals surface area contributed by atoms with Crippen molar-refractivity contribution in [2.75, 3.05) is 6.54 Å². The number of hydrogen-bond donors (Lipinski definition) is 6. The van der Waals surface area contributed by atoms with Gasteiger partial charge >= 0.3 is 17.9 Å². The average molecular weight is 395 g/mol. The van der Waals surface area contributed by atoms with Crippen molar-refractivity contribution in [3.63, 3.8) is 0 Å². The molecular formula is C13H21N3O9S. The third-order valence-electron chi connectivity index (χ3n) is 2.49. The molecule has 0 bridgehead atoms. The molecule has 7 N–H and O–H groups in total. The number of carboxylic acid groups (broad SMARTS) is 3. The maximum atomic E-state index is 11.7. The summed E-state index contributed by atoms with van der Waals surface area (Å²) in [5.74, 6) is -0.976. The minimum Gasteiger partial charge on any atom is -0.481 e. The van der Waals surface area contributed by atoms with Gasteiger partial charge in [0.2, 0.25) is 10.0 Å². The van der Waals surface area contributed by atoms with Crippen molar-refractivity contribution < 1.29 is 43.3 Å². The van der Waals surface area contributed by atoms with Gasteiger partial charge in [-0.05, 0) is 25.0 Å². The summed E-state index contributed by atoms with van der Waals surface area (Å²) in [5.41, 5.74) is 0. The van der Waals surface area contributed by atoms with Gasteiger partial charge in [0.1, 0.15) is 4.90 Å². The highest BCUT2D eigenvalue weighted by Crippen LogP contribution is 2.06. The fraction of sp³-hybridized carbons (Fsp3) is 0.385. The van der Waals surface area contributed by atoms with Crippen LogP contribution in [0.3, 0.4) is 0 Å². The Bertz CT molecular complexity index is 638. The summed E-state index contributed by atoms with van der Waals surface area (Å²) in [4.78, 5) is 32.3. The Morgan fingerprint density at radius 2 is 1.62 bits per heavy atom. The number of aliphatic carboxylic acids is 3. The number of carboxylic acids is 3. The van der Waals surface area contributed by atoms with E-state index in [2.05, 4.69) is 15.6 Å². The number of carbonyl (C=O) groups is 3. The fourth-order valence-corrected chi connectivity index (χ4v) is 2.41. The molecular weight excluding hydrogens is 374 g/mol. The summed E-state index contributed by atoms with van der Waals surface area (Å²) in [6.07, 6.45) is 4.77. The van der Waals surface area contributed by atoms with E-state index in [1.54, 1.807) is 6.07 Å². The molecule has 0 aliphatic rings. The maximum Gasteiger partial charge on any atom is 0.414 e. The van der Waals surface area contributed by atoms with Crippen molar-refractivity contribution in [1.82, 2.24) is 9.71 Å². The van der Waals surface area contributed by atoms with Crippen LogP contribution in [0.5, 0.6) is 0 Å². The van der Waals surface area contributed by atoms with Crippen LogP contribution in [-0.2, 0) is 24.4 Å². The maximum absolute atomic E-state index is 11.7. The quantitative estimate of drug-likeness (QED) is 0.187. The lowest BCUT2D eigenvalue weighted by Gasteiger charge is -2.05. The lowest BCUT2D eigenvalue weighted by Crippen LogP contribution is -2.24. The van der Waals surface area contributed by atoms with Crippen molar-refractivity contribution in [2.24, 2.45) is 5.90 Å². The van der Waals surface area contributed by atoms with Crippen LogP contribution in [0, 0.1) is 0 Å². The first-order valence-electron chi connectivity index (χ1n) is 7.00. The zero-order chi connectivity index (χ0) is 20.6. The highest BCUT2D eigenvalue weighted by Gasteiger charge is 2.12. The van der Waals surface area contributed by atoms with Gasteiger partial charge in [0.15, 0.2) is 0 Å². The lowest BCUT2D eigenvalue weighted by molar-refractivity contribution is -0.159. The van der Waals surface area contributed by atoms with Crippen molar-refractivity contribution in [1.29, 1.82) is 0 Å². The molecule has 0 aromatic carbocycles. The third-order valence-corrected chi connectivity index (χ3v) is 3.93. The molecule has 0 radical (unpaired) electrons. The fourth-order valence-electron chi connectivity index (χ4n) is 1.37. The lowest BCUT2D eigenvalue weighted by atomic mass is 10.2. The number of aromatic nitrogens is 1. The van der Waals surface area contributed by atoms with Gasteiger partial charge in [0, 0.05) is 25.4 Å². The second-order valence-corrected chi connectivity index (χ2v) is 6.17. The minimum absolute atomic E-state index is 0.120. The Kier molecular flexibility index (Phi) is 14.5. The molecule has 1 aromatic rings. The topological polar surface area (TPSA) is 217 Å². The summed E-state index contributed by atoms with van der Waals surface area (Å²) < 4.78 is 25.9. The molecule has 0 saturated heterocycles. The van der Waals surface area contributed by atoms with Crippen LogP contribution >= 0.6 is 0 Å². The number of hydrogen-bond acceptors (Lipinski definition) is 8. The SMILES string of the molecule is NO.O=C(O)C(=O)O.O=C(O)CCCCCNS(=O)(=O)c1cccnc1. The van der Waals surface area contributed by atoms with E-state index in [9.17, 15) is 13.2 Å². The summed E-state index contributed by atoms with van der Waals surface area (Å²) in [6, 6.07) is 3.03. The van der Waals surface area contributed by atoms with Crippen molar-refractivity contribution >= 4 is 27.9 Å². The number of nitrogens with zero attached hydrogens (tertiary/aromatic N) is 1. The largest absolute Gasteiger partial charge is 0.481 e. The van der Waals surface area contributed by atoms with Gasteiger partial charge in [-0.2, -0.15) is 0 Å². The van der Waals surface area contributed by atoms with Gasteiger partial charge < -0.3 is 20.5 Å². The van der Waals surface area contributed by atoms with Crippen LogP contribution in [0.25, 0.3) is 0 Å². The third kappa shape index (κ3) is 13.8. The number of sulfonamides is 1. The molecule has 0 aliphatic carbocycles. The van der Waals surface area contributed by atoms with Crippen LogP contribution < -0.4 is 10.6 Å². The van der Waals surface area contributed by atoms with E-state index >= 15 is 0 Å². The molecule has 1 aromatic heterocycles. The van der Waals surface area contributed by atoms with Crippen molar-refractivity contribution in [2.45, 2.75) is 30.6 Å². The molecule has 0 fully saturated rings. The summed E-state index contributed by atoms with van der Waals surface area (Å²) in [7, 11) is -3.49. The molecule has 1 rings (SSSR count). The highest BCUT2D eigenvalue weighted by atomic mass is 32.2. The van der Waals surface area contributed by atoms with Crippen LogP contribution in [0.15, 0.2) is 29.4 Å².